The Hall–Kier alpha value is -0.860. The van der Waals surface area contributed by atoms with E-state index in [9.17, 15) is 0 Å². The van der Waals surface area contributed by atoms with Gasteiger partial charge in [0.25, 0.3) is 0 Å². The monoisotopic (exact) mass is 259 g/mol. The first-order valence-electron chi connectivity index (χ1n) is 7.59. The maximum atomic E-state index is 5.52. The highest BCUT2D eigenvalue weighted by Crippen LogP contribution is 2.30. The number of ether oxygens (including phenoxy) is 1. The highest BCUT2D eigenvalue weighted by Gasteiger charge is 2.31. The molecule has 1 saturated heterocycles. The van der Waals surface area contributed by atoms with E-state index < -0.39 is 0 Å². The topological polar surface area (TPSA) is 12.5 Å². The molecular formula is C17H25NO. The van der Waals surface area contributed by atoms with Gasteiger partial charge in [0, 0.05) is 25.7 Å². The molecule has 0 radical (unpaired) electrons. The summed E-state index contributed by atoms with van der Waals surface area (Å²) in [5.41, 5.74) is 4.24. The van der Waals surface area contributed by atoms with E-state index in [0.717, 1.165) is 31.7 Å². The summed E-state index contributed by atoms with van der Waals surface area (Å²) in [6.07, 6.45) is 4.02. The van der Waals surface area contributed by atoms with Crippen molar-refractivity contribution in [2.45, 2.75) is 45.7 Å². The molecule has 0 bridgehead atoms. The zero-order valence-electron chi connectivity index (χ0n) is 12.2. The van der Waals surface area contributed by atoms with E-state index in [1.165, 1.54) is 42.5 Å². The maximum Gasteiger partial charge on any atom is 0.0507 e. The van der Waals surface area contributed by atoms with Gasteiger partial charge >= 0.3 is 0 Å². The molecule has 0 aromatic heterocycles. The Kier molecular flexibility index (Phi) is 3.90. The summed E-state index contributed by atoms with van der Waals surface area (Å²) in [6, 6.07) is 7.78. The summed E-state index contributed by atoms with van der Waals surface area (Å²) in [4.78, 5) is 2.69. The Bertz CT molecular complexity index is 413. The van der Waals surface area contributed by atoms with Crippen LogP contribution in [0.3, 0.4) is 0 Å². The highest BCUT2D eigenvalue weighted by atomic mass is 16.5. The van der Waals surface area contributed by atoms with E-state index in [2.05, 4.69) is 36.9 Å². The molecule has 0 spiro atoms. The Morgan fingerprint density at radius 3 is 2.42 bits per heavy atom. The first-order chi connectivity index (χ1) is 9.20. The van der Waals surface area contributed by atoms with Crippen LogP contribution < -0.4 is 0 Å². The van der Waals surface area contributed by atoms with Gasteiger partial charge in [0.05, 0.1) is 6.61 Å². The van der Waals surface area contributed by atoms with Crippen molar-refractivity contribution in [3.63, 3.8) is 0 Å². The average Bonchev–Trinajstić information content (AvgIpc) is 3.06. The molecule has 1 aromatic carbocycles. The molecule has 1 aromatic rings. The van der Waals surface area contributed by atoms with Gasteiger partial charge in [0.2, 0.25) is 0 Å². The number of hydrogen-bond acceptors (Lipinski definition) is 2. The summed E-state index contributed by atoms with van der Waals surface area (Å²) in [5, 5.41) is 0. The van der Waals surface area contributed by atoms with Gasteiger partial charge in [-0.2, -0.15) is 0 Å². The quantitative estimate of drug-likeness (QED) is 0.804. The van der Waals surface area contributed by atoms with Gasteiger partial charge in [-0.15, -0.1) is 0 Å². The molecule has 0 N–H and O–H groups in total. The fourth-order valence-electron chi connectivity index (χ4n) is 3.24. The third kappa shape index (κ3) is 3.58. The molecule has 1 unspecified atom stereocenters. The smallest absolute Gasteiger partial charge is 0.0507 e. The van der Waals surface area contributed by atoms with Crippen molar-refractivity contribution in [2.75, 3.05) is 19.8 Å². The normalized spacial score (nSPS) is 23.2. The first-order valence-corrected chi connectivity index (χ1v) is 7.59. The lowest BCUT2D eigenvalue weighted by Crippen LogP contribution is -2.31. The third-order valence-corrected chi connectivity index (χ3v) is 4.25. The molecule has 2 fully saturated rings. The molecule has 1 atom stereocenters. The molecule has 1 saturated carbocycles. The SMILES string of the molecule is Cc1cc(C)cc(CN(CC2CCOC2)C2CC2)c1. The number of nitrogens with zero attached hydrogens (tertiary/aromatic N) is 1. The average molecular weight is 259 g/mol. The number of benzene rings is 1. The minimum Gasteiger partial charge on any atom is -0.381 e. The van der Waals surface area contributed by atoms with Crippen molar-refractivity contribution in [3.8, 4) is 0 Å². The molecule has 1 aliphatic heterocycles. The van der Waals surface area contributed by atoms with Gasteiger partial charge in [0.15, 0.2) is 0 Å². The summed E-state index contributed by atoms with van der Waals surface area (Å²) in [6.45, 7) is 8.66. The van der Waals surface area contributed by atoms with Crippen molar-refractivity contribution in [1.29, 1.82) is 0 Å². The molecule has 19 heavy (non-hydrogen) atoms. The standard InChI is InChI=1S/C17H25NO/c1-13-7-14(2)9-16(8-13)11-18(17-3-4-17)10-15-5-6-19-12-15/h7-9,15,17H,3-6,10-12H2,1-2H3. The fraction of sp³-hybridized carbons (Fsp3) is 0.647. The van der Waals surface area contributed by atoms with Gasteiger partial charge in [0.1, 0.15) is 0 Å². The van der Waals surface area contributed by atoms with E-state index in [4.69, 9.17) is 4.74 Å². The molecule has 1 aliphatic carbocycles. The lowest BCUT2D eigenvalue weighted by Gasteiger charge is -2.25. The Labute approximate surface area is 116 Å². The molecule has 2 aliphatic rings. The van der Waals surface area contributed by atoms with Crippen LogP contribution in [0.1, 0.15) is 36.0 Å². The van der Waals surface area contributed by atoms with Crippen molar-refractivity contribution in [2.24, 2.45) is 5.92 Å². The van der Waals surface area contributed by atoms with Crippen molar-refractivity contribution < 1.29 is 4.74 Å². The molecule has 1 heterocycles. The van der Waals surface area contributed by atoms with Crippen LogP contribution >= 0.6 is 0 Å². The zero-order valence-corrected chi connectivity index (χ0v) is 12.2. The van der Waals surface area contributed by atoms with Crippen LogP contribution in [-0.4, -0.2) is 30.7 Å². The van der Waals surface area contributed by atoms with Crippen LogP contribution in [0.5, 0.6) is 0 Å². The van der Waals surface area contributed by atoms with Gasteiger partial charge < -0.3 is 4.74 Å². The van der Waals surface area contributed by atoms with Crippen molar-refractivity contribution in [1.82, 2.24) is 4.90 Å². The highest BCUT2D eigenvalue weighted by molar-refractivity contribution is 5.28. The van der Waals surface area contributed by atoms with Crippen LogP contribution in [0.25, 0.3) is 0 Å². The number of aryl methyl sites for hydroxylation is 2. The Morgan fingerprint density at radius 1 is 1.11 bits per heavy atom. The van der Waals surface area contributed by atoms with Gasteiger partial charge in [-0.25, -0.2) is 0 Å². The molecule has 3 rings (SSSR count). The Morgan fingerprint density at radius 2 is 1.84 bits per heavy atom. The predicted octanol–water partition coefficient (Wildman–Crippen LogP) is 3.30. The summed E-state index contributed by atoms with van der Waals surface area (Å²) < 4.78 is 5.52. The molecule has 104 valence electrons. The van der Waals surface area contributed by atoms with Crippen LogP contribution in [0.2, 0.25) is 0 Å². The predicted molar refractivity (Wildman–Crippen MR) is 78.3 cm³/mol. The van der Waals surface area contributed by atoms with Crippen LogP contribution in [-0.2, 0) is 11.3 Å². The van der Waals surface area contributed by atoms with Crippen LogP contribution in [0.4, 0.5) is 0 Å². The van der Waals surface area contributed by atoms with E-state index in [1.54, 1.807) is 0 Å². The number of rotatable bonds is 5. The van der Waals surface area contributed by atoms with E-state index >= 15 is 0 Å². The van der Waals surface area contributed by atoms with Crippen molar-refractivity contribution >= 4 is 0 Å². The Balaban J connectivity index is 1.66. The maximum absolute atomic E-state index is 5.52. The largest absolute Gasteiger partial charge is 0.381 e. The summed E-state index contributed by atoms with van der Waals surface area (Å²) in [5.74, 6) is 0.756. The second-order valence-electron chi connectivity index (χ2n) is 6.39. The minimum absolute atomic E-state index is 0.756. The molecular weight excluding hydrogens is 234 g/mol. The van der Waals surface area contributed by atoms with Gasteiger partial charge in [-0.1, -0.05) is 29.3 Å². The number of hydrogen-bond donors (Lipinski definition) is 0. The van der Waals surface area contributed by atoms with Crippen LogP contribution in [0, 0.1) is 19.8 Å². The molecule has 0 amide bonds. The molecule has 2 nitrogen and oxygen atoms in total. The third-order valence-electron chi connectivity index (χ3n) is 4.25. The fourth-order valence-corrected chi connectivity index (χ4v) is 3.24. The lowest BCUT2D eigenvalue weighted by molar-refractivity contribution is 0.161. The zero-order chi connectivity index (χ0) is 13.2. The summed E-state index contributed by atoms with van der Waals surface area (Å²) >= 11 is 0. The second kappa shape index (κ2) is 5.64. The second-order valence-corrected chi connectivity index (χ2v) is 6.39. The lowest BCUT2D eigenvalue weighted by atomic mass is 10.1. The summed E-state index contributed by atoms with van der Waals surface area (Å²) in [7, 11) is 0. The van der Waals surface area contributed by atoms with Crippen molar-refractivity contribution in [3.05, 3.63) is 34.9 Å². The van der Waals surface area contributed by atoms with Gasteiger partial charge in [-0.05, 0) is 44.6 Å². The van der Waals surface area contributed by atoms with E-state index in [0.29, 0.717) is 0 Å². The molecule has 2 heteroatoms. The van der Waals surface area contributed by atoms with E-state index in [-0.39, 0.29) is 0 Å². The first kappa shape index (κ1) is 13.1. The van der Waals surface area contributed by atoms with Crippen LogP contribution in [0.15, 0.2) is 18.2 Å². The van der Waals surface area contributed by atoms with E-state index in [1.807, 2.05) is 0 Å². The van der Waals surface area contributed by atoms with Gasteiger partial charge in [-0.3, -0.25) is 4.90 Å². The minimum atomic E-state index is 0.756.